The van der Waals surface area contributed by atoms with E-state index in [1.54, 1.807) is 11.3 Å². The van der Waals surface area contributed by atoms with E-state index in [2.05, 4.69) is 22.4 Å². The number of anilines is 1. The van der Waals surface area contributed by atoms with Gasteiger partial charge in [0.2, 0.25) is 0 Å². The quantitative estimate of drug-likeness (QED) is 0.497. The van der Waals surface area contributed by atoms with Gasteiger partial charge < -0.3 is 5.32 Å². The van der Waals surface area contributed by atoms with E-state index in [0.29, 0.717) is 6.42 Å². The number of hydrogen-bond acceptors (Lipinski definition) is 4. The van der Waals surface area contributed by atoms with Gasteiger partial charge in [0.15, 0.2) is 10.9 Å². The number of carbonyl (C=O) groups is 1. The predicted molar refractivity (Wildman–Crippen MR) is 96.0 cm³/mol. The summed E-state index contributed by atoms with van der Waals surface area (Å²) in [7, 11) is 0. The summed E-state index contributed by atoms with van der Waals surface area (Å²) in [6.07, 6.45) is 1.35. The third kappa shape index (κ3) is 4.27. The maximum absolute atomic E-state index is 12.0. The number of rotatable bonds is 7. The van der Waals surface area contributed by atoms with Crippen LogP contribution in [0, 0.1) is 0 Å². The number of thiazole rings is 1. The minimum atomic E-state index is 0.191. The topological polar surface area (TPSA) is 42.0 Å². The Hall–Kier alpha value is -2.46. The van der Waals surface area contributed by atoms with Gasteiger partial charge in [0, 0.05) is 29.5 Å². The van der Waals surface area contributed by atoms with Crippen molar-refractivity contribution in [3.8, 4) is 11.3 Å². The Bertz CT molecular complexity index is 753. The molecule has 3 nitrogen and oxygen atoms in total. The lowest BCUT2D eigenvalue weighted by molar-refractivity contribution is 0.0981. The van der Waals surface area contributed by atoms with Crippen LogP contribution in [0.3, 0.4) is 0 Å². The van der Waals surface area contributed by atoms with E-state index >= 15 is 0 Å². The highest BCUT2D eigenvalue weighted by Gasteiger charge is 2.06. The lowest BCUT2D eigenvalue weighted by atomic mass is 10.1. The first-order chi connectivity index (χ1) is 11.3. The zero-order chi connectivity index (χ0) is 15.9. The van der Waals surface area contributed by atoms with Crippen molar-refractivity contribution in [3.63, 3.8) is 0 Å². The molecule has 2 aromatic carbocycles. The Morgan fingerprint density at radius 2 is 1.70 bits per heavy atom. The zero-order valence-corrected chi connectivity index (χ0v) is 13.6. The number of Topliss-reactive ketones (excluding diaryl/α,β-unsaturated/α-hetero) is 1. The van der Waals surface area contributed by atoms with E-state index in [0.717, 1.165) is 34.9 Å². The second-order valence-electron chi connectivity index (χ2n) is 5.22. The van der Waals surface area contributed by atoms with Gasteiger partial charge in [-0.15, -0.1) is 11.3 Å². The van der Waals surface area contributed by atoms with Crippen LogP contribution in [0.15, 0.2) is 66.0 Å². The number of benzene rings is 2. The summed E-state index contributed by atoms with van der Waals surface area (Å²) < 4.78 is 0. The fourth-order valence-electron chi connectivity index (χ4n) is 2.31. The molecular formula is C19H18N2OS. The Morgan fingerprint density at radius 3 is 2.43 bits per heavy atom. The van der Waals surface area contributed by atoms with Crippen LogP contribution in [0.5, 0.6) is 0 Å². The van der Waals surface area contributed by atoms with Crippen molar-refractivity contribution in [1.29, 1.82) is 0 Å². The van der Waals surface area contributed by atoms with Gasteiger partial charge in [0.1, 0.15) is 0 Å². The van der Waals surface area contributed by atoms with Gasteiger partial charge >= 0.3 is 0 Å². The molecule has 4 heteroatoms. The molecule has 0 bridgehead atoms. The molecule has 23 heavy (non-hydrogen) atoms. The fraction of sp³-hybridized carbons (Fsp3) is 0.158. The van der Waals surface area contributed by atoms with Crippen LogP contribution in [-0.4, -0.2) is 17.3 Å². The Morgan fingerprint density at radius 1 is 1.00 bits per heavy atom. The molecule has 0 aliphatic rings. The summed E-state index contributed by atoms with van der Waals surface area (Å²) >= 11 is 1.59. The minimum absolute atomic E-state index is 0.191. The lowest BCUT2D eigenvalue weighted by Crippen LogP contribution is -2.05. The van der Waals surface area contributed by atoms with Crippen LogP contribution in [0.2, 0.25) is 0 Å². The number of nitrogens with one attached hydrogen (secondary N) is 1. The number of nitrogens with zero attached hydrogens (tertiary/aromatic N) is 1. The molecule has 0 radical (unpaired) electrons. The summed E-state index contributed by atoms with van der Waals surface area (Å²) in [6.45, 7) is 0.750. The zero-order valence-electron chi connectivity index (χ0n) is 12.7. The highest BCUT2D eigenvalue weighted by Crippen LogP contribution is 2.24. The third-order valence-electron chi connectivity index (χ3n) is 3.53. The molecule has 0 saturated carbocycles. The van der Waals surface area contributed by atoms with E-state index < -0.39 is 0 Å². The first-order valence-electron chi connectivity index (χ1n) is 7.66. The highest BCUT2D eigenvalue weighted by molar-refractivity contribution is 7.14. The molecule has 0 aliphatic carbocycles. The molecule has 0 spiro atoms. The van der Waals surface area contributed by atoms with Gasteiger partial charge in [0.05, 0.1) is 5.69 Å². The monoisotopic (exact) mass is 322 g/mol. The number of hydrogen-bond donors (Lipinski definition) is 1. The van der Waals surface area contributed by atoms with Gasteiger partial charge in [-0.25, -0.2) is 4.98 Å². The standard InChI is InChI=1S/C19H18N2OS/c22-18(16-10-5-2-6-11-16)12-7-13-20-19-21-17(14-23-19)15-8-3-1-4-9-15/h1-6,8-11,14H,7,12-13H2,(H,20,21). The van der Waals surface area contributed by atoms with E-state index in [1.807, 2.05) is 53.9 Å². The first kappa shape index (κ1) is 15.4. The molecule has 1 aromatic heterocycles. The second kappa shape index (κ2) is 7.70. The summed E-state index contributed by atoms with van der Waals surface area (Å²) in [5, 5.41) is 6.24. The van der Waals surface area contributed by atoms with Crippen molar-refractivity contribution >= 4 is 22.3 Å². The molecule has 1 N–H and O–H groups in total. The largest absolute Gasteiger partial charge is 0.361 e. The molecular weight excluding hydrogens is 304 g/mol. The molecule has 0 amide bonds. The van der Waals surface area contributed by atoms with Crippen molar-refractivity contribution in [3.05, 3.63) is 71.6 Å². The molecule has 0 aliphatic heterocycles. The maximum atomic E-state index is 12.0. The van der Waals surface area contributed by atoms with Crippen LogP contribution in [0.1, 0.15) is 23.2 Å². The van der Waals surface area contributed by atoms with E-state index in [4.69, 9.17) is 0 Å². The van der Waals surface area contributed by atoms with Crippen LogP contribution < -0.4 is 5.32 Å². The summed E-state index contributed by atoms with van der Waals surface area (Å²) in [4.78, 5) is 16.6. The van der Waals surface area contributed by atoms with Gasteiger partial charge in [-0.3, -0.25) is 4.79 Å². The third-order valence-corrected chi connectivity index (χ3v) is 4.33. The SMILES string of the molecule is O=C(CCCNc1nc(-c2ccccc2)cs1)c1ccccc1. The molecule has 0 saturated heterocycles. The van der Waals surface area contributed by atoms with Gasteiger partial charge in [0.25, 0.3) is 0 Å². The normalized spacial score (nSPS) is 10.4. The number of ketones is 1. The summed E-state index contributed by atoms with van der Waals surface area (Å²) in [5.41, 5.74) is 2.89. The van der Waals surface area contributed by atoms with Gasteiger partial charge in [-0.1, -0.05) is 60.7 Å². The van der Waals surface area contributed by atoms with Crippen molar-refractivity contribution in [2.24, 2.45) is 0 Å². The Kier molecular flexibility index (Phi) is 5.17. The predicted octanol–water partition coefficient (Wildman–Crippen LogP) is 4.89. The van der Waals surface area contributed by atoms with Crippen molar-refractivity contribution in [2.45, 2.75) is 12.8 Å². The van der Waals surface area contributed by atoms with E-state index in [-0.39, 0.29) is 5.78 Å². The van der Waals surface area contributed by atoms with E-state index in [9.17, 15) is 4.79 Å². The average Bonchev–Trinajstić information content (AvgIpc) is 3.09. The highest BCUT2D eigenvalue weighted by atomic mass is 32.1. The van der Waals surface area contributed by atoms with Crippen LogP contribution in [-0.2, 0) is 0 Å². The van der Waals surface area contributed by atoms with Crippen molar-refractivity contribution in [2.75, 3.05) is 11.9 Å². The first-order valence-corrected chi connectivity index (χ1v) is 8.54. The fourth-order valence-corrected chi connectivity index (χ4v) is 3.06. The Balaban J connectivity index is 1.46. The maximum Gasteiger partial charge on any atom is 0.183 e. The molecule has 0 fully saturated rings. The number of aromatic nitrogens is 1. The van der Waals surface area contributed by atoms with Crippen molar-refractivity contribution < 1.29 is 4.79 Å². The second-order valence-corrected chi connectivity index (χ2v) is 6.08. The smallest absolute Gasteiger partial charge is 0.183 e. The van der Waals surface area contributed by atoms with E-state index in [1.165, 1.54) is 0 Å². The van der Waals surface area contributed by atoms with Crippen LogP contribution >= 0.6 is 11.3 Å². The molecule has 1 heterocycles. The molecule has 3 aromatic rings. The molecule has 116 valence electrons. The number of carbonyl (C=O) groups excluding carboxylic acids is 1. The molecule has 0 atom stereocenters. The lowest BCUT2D eigenvalue weighted by Gasteiger charge is -2.03. The average molecular weight is 322 g/mol. The molecule has 3 rings (SSSR count). The summed E-state index contributed by atoms with van der Waals surface area (Å²) in [5.74, 6) is 0.191. The van der Waals surface area contributed by atoms with Gasteiger partial charge in [-0.2, -0.15) is 0 Å². The van der Waals surface area contributed by atoms with Gasteiger partial charge in [-0.05, 0) is 6.42 Å². The molecule has 0 unspecified atom stereocenters. The Labute approximate surface area is 140 Å². The minimum Gasteiger partial charge on any atom is -0.361 e. The van der Waals surface area contributed by atoms with Crippen molar-refractivity contribution in [1.82, 2.24) is 4.98 Å². The van der Waals surface area contributed by atoms with Crippen LogP contribution in [0.25, 0.3) is 11.3 Å². The van der Waals surface area contributed by atoms with Crippen LogP contribution in [0.4, 0.5) is 5.13 Å². The summed E-state index contributed by atoms with van der Waals surface area (Å²) in [6, 6.07) is 19.6.